The van der Waals surface area contributed by atoms with Crippen molar-refractivity contribution in [2.24, 2.45) is 33.3 Å². The van der Waals surface area contributed by atoms with Crippen molar-refractivity contribution in [3.63, 3.8) is 0 Å². The number of fused-ring (bicyclic) bond motifs is 1. The Bertz CT molecular complexity index is 1240. The Hall–Kier alpha value is -3.18. The first-order chi connectivity index (χ1) is 20.1. The second-order valence-electron chi connectivity index (χ2n) is 16.3. The first-order valence-electron chi connectivity index (χ1n) is 15.9. The maximum atomic E-state index is 14.5. The molecule has 4 atom stereocenters. The van der Waals surface area contributed by atoms with E-state index in [1.807, 2.05) is 41.5 Å². The van der Waals surface area contributed by atoms with E-state index in [0.29, 0.717) is 25.9 Å². The molecule has 0 aromatic carbocycles. The van der Waals surface area contributed by atoms with Crippen molar-refractivity contribution in [2.45, 2.75) is 118 Å². The molecular weight excluding hydrogens is 564 g/mol. The van der Waals surface area contributed by atoms with Gasteiger partial charge in [0, 0.05) is 42.9 Å². The number of carbonyl (C=O) groups is 6. The molecule has 0 aromatic heterocycles. The van der Waals surface area contributed by atoms with E-state index < -0.39 is 64.0 Å². The Morgan fingerprint density at radius 3 is 1.95 bits per heavy atom. The molecule has 4 aliphatic rings. The summed E-state index contributed by atoms with van der Waals surface area (Å²) < 4.78 is 0. The maximum Gasteiger partial charge on any atom is 0.315 e. The molecule has 0 radical (unpaired) electrons. The summed E-state index contributed by atoms with van der Waals surface area (Å²) in [5.41, 5.74) is 3.14. The molecule has 0 bridgehead atoms. The van der Waals surface area contributed by atoms with Gasteiger partial charge in [-0.2, -0.15) is 0 Å². The lowest BCUT2D eigenvalue weighted by atomic mass is 9.80. The summed E-state index contributed by atoms with van der Waals surface area (Å²) in [6, 6.07) is -3.45. The number of rotatable bonds is 8. The van der Waals surface area contributed by atoms with E-state index in [9.17, 15) is 28.8 Å². The van der Waals surface area contributed by atoms with E-state index in [1.165, 1.54) is 6.92 Å². The lowest BCUT2D eigenvalue weighted by Gasteiger charge is -2.43. The Morgan fingerprint density at radius 2 is 1.50 bits per heavy atom. The molecule has 2 spiro atoms. The van der Waals surface area contributed by atoms with Gasteiger partial charge >= 0.3 is 6.03 Å². The fourth-order valence-electron chi connectivity index (χ4n) is 8.01. The van der Waals surface area contributed by atoms with Crippen LogP contribution in [0.5, 0.6) is 0 Å². The minimum atomic E-state index is -1.10. The molecular formula is C32H52N6O6. The topological polar surface area (TPSA) is 171 Å². The van der Waals surface area contributed by atoms with Gasteiger partial charge in [0.25, 0.3) is 5.91 Å². The van der Waals surface area contributed by atoms with Crippen molar-refractivity contribution in [2.75, 3.05) is 19.6 Å². The number of primary amides is 1. The lowest BCUT2D eigenvalue weighted by Crippen LogP contribution is -2.61. The summed E-state index contributed by atoms with van der Waals surface area (Å²) in [5.74, 6) is -2.65. The van der Waals surface area contributed by atoms with Crippen molar-refractivity contribution in [3.8, 4) is 0 Å². The summed E-state index contributed by atoms with van der Waals surface area (Å²) >= 11 is 0. The predicted molar refractivity (Wildman–Crippen MR) is 164 cm³/mol. The number of carbonyl (C=O) groups excluding carboxylic acids is 6. The minimum Gasteiger partial charge on any atom is -0.363 e. The predicted octanol–water partition coefficient (Wildman–Crippen LogP) is 1.70. The molecule has 6 amide bonds. The van der Waals surface area contributed by atoms with Crippen LogP contribution < -0.4 is 21.7 Å². The van der Waals surface area contributed by atoms with Crippen molar-refractivity contribution in [1.82, 2.24) is 25.8 Å². The van der Waals surface area contributed by atoms with Gasteiger partial charge in [-0.05, 0) is 50.4 Å². The highest BCUT2D eigenvalue weighted by molar-refractivity contribution is 6.37. The first kappa shape index (κ1) is 33.7. The molecule has 12 heteroatoms. The van der Waals surface area contributed by atoms with Crippen molar-refractivity contribution in [3.05, 3.63) is 0 Å². The van der Waals surface area contributed by atoms with Gasteiger partial charge in [0.2, 0.25) is 23.5 Å². The normalized spacial score (nSPS) is 26.7. The van der Waals surface area contributed by atoms with E-state index in [4.69, 9.17) is 5.73 Å². The van der Waals surface area contributed by atoms with E-state index >= 15 is 0 Å². The second kappa shape index (κ2) is 11.0. The molecule has 2 aliphatic carbocycles. The standard InChI is InChI=1S/C32H52N6O6/c1-18(39)37-15-32(16-37)30(8,9)31(32)14-21(25(42)34-20(22(40)24(33)41)13-19-11-10-12-19)38(17-31)26(43)23(28(2,3)4)35-27(44)36-29(5,6)7/h19-21,23H,10-17H2,1-9H3,(H2,33,41)(H,34,42)(H2,35,36,44)/t20?,21-,23+,31+/m0/s1. The number of hydrogen-bond acceptors (Lipinski definition) is 6. The summed E-state index contributed by atoms with van der Waals surface area (Å²) in [7, 11) is 0. The number of nitrogens with one attached hydrogen (secondary N) is 3. The van der Waals surface area contributed by atoms with Crippen LogP contribution in [-0.2, 0) is 24.0 Å². The fourth-order valence-corrected chi connectivity index (χ4v) is 8.01. The summed E-state index contributed by atoms with van der Waals surface area (Å²) in [4.78, 5) is 81.8. The smallest absolute Gasteiger partial charge is 0.315 e. The van der Waals surface area contributed by atoms with Crippen LogP contribution in [0.2, 0.25) is 0 Å². The van der Waals surface area contributed by atoms with Crippen molar-refractivity contribution >= 4 is 35.4 Å². The number of Topliss-reactive ketones (excluding diaryl/α,β-unsaturated/α-hetero) is 1. The summed E-state index contributed by atoms with van der Waals surface area (Å²) in [6.07, 6.45) is 3.52. The fraction of sp³-hybridized carbons (Fsp3) is 0.812. The number of urea groups is 1. The summed E-state index contributed by atoms with van der Waals surface area (Å²) in [5, 5.41) is 8.52. The summed E-state index contributed by atoms with van der Waals surface area (Å²) in [6.45, 7) is 18.2. The molecule has 246 valence electrons. The molecule has 2 saturated heterocycles. The Morgan fingerprint density at radius 1 is 0.909 bits per heavy atom. The number of hydrogen-bond donors (Lipinski definition) is 4. The van der Waals surface area contributed by atoms with Gasteiger partial charge in [-0.25, -0.2) is 4.79 Å². The van der Waals surface area contributed by atoms with Crippen molar-refractivity contribution in [1.29, 1.82) is 0 Å². The van der Waals surface area contributed by atoms with E-state index in [1.54, 1.807) is 9.80 Å². The lowest BCUT2D eigenvalue weighted by molar-refractivity contribution is -0.143. The molecule has 2 saturated carbocycles. The number of nitrogens with two attached hydrogens (primary N) is 1. The number of nitrogens with zero attached hydrogens (tertiary/aromatic N) is 2. The third kappa shape index (κ3) is 5.69. The Kier molecular flexibility index (Phi) is 8.44. The van der Waals surface area contributed by atoms with Crippen LogP contribution in [0.3, 0.4) is 0 Å². The molecule has 1 unspecified atom stereocenters. The molecule has 4 rings (SSSR count). The maximum absolute atomic E-state index is 14.5. The molecule has 0 aromatic rings. The SMILES string of the molecule is CC(=O)N1CC2(C1)C(C)(C)[C@]21C[C@@H](C(=O)NC(CC2CCC2)C(=O)C(N)=O)N(C(=O)[C@@H](NC(=O)NC(C)(C)C)C(C)(C)C)C1. The van der Waals surface area contributed by atoms with Crippen LogP contribution in [-0.4, -0.2) is 88.5 Å². The number of likely N-dealkylation sites (tertiary alicyclic amines) is 2. The van der Waals surface area contributed by atoms with Gasteiger partial charge in [-0.3, -0.25) is 24.0 Å². The quantitative estimate of drug-likeness (QED) is 0.303. The van der Waals surface area contributed by atoms with Crippen LogP contribution in [0.1, 0.15) is 94.4 Å². The van der Waals surface area contributed by atoms with Crippen molar-refractivity contribution < 1.29 is 28.8 Å². The molecule has 5 N–H and O–H groups in total. The van der Waals surface area contributed by atoms with Crippen LogP contribution >= 0.6 is 0 Å². The highest BCUT2D eigenvalue weighted by Crippen LogP contribution is 2.84. The van der Waals surface area contributed by atoms with Crippen LogP contribution in [0.15, 0.2) is 0 Å². The van der Waals surface area contributed by atoms with Gasteiger partial charge in [-0.15, -0.1) is 0 Å². The highest BCUT2D eigenvalue weighted by Gasteiger charge is 2.87. The average Bonchev–Trinajstić information content (AvgIpc) is 3.07. The highest BCUT2D eigenvalue weighted by atomic mass is 16.2. The molecule has 2 aliphatic heterocycles. The number of ketones is 1. The van der Waals surface area contributed by atoms with E-state index in [2.05, 4.69) is 29.8 Å². The molecule has 4 fully saturated rings. The zero-order valence-electron chi connectivity index (χ0n) is 27.9. The van der Waals surface area contributed by atoms with Gasteiger partial charge in [0.15, 0.2) is 0 Å². The zero-order valence-corrected chi connectivity index (χ0v) is 27.9. The van der Waals surface area contributed by atoms with E-state index in [-0.39, 0.29) is 29.2 Å². The van der Waals surface area contributed by atoms with Crippen LogP contribution in [0.4, 0.5) is 4.79 Å². The third-order valence-electron chi connectivity index (χ3n) is 11.1. The monoisotopic (exact) mass is 616 g/mol. The molecule has 44 heavy (non-hydrogen) atoms. The van der Waals surface area contributed by atoms with Gasteiger partial charge in [-0.1, -0.05) is 53.9 Å². The molecule has 2 heterocycles. The Balaban J connectivity index is 1.66. The third-order valence-corrected chi connectivity index (χ3v) is 11.1. The van der Waals surface area contributed by atoms with Crippen LogP contribution in [0, 0.1) is 27.6 Å². The minimum absolute atomic E-state index is 0.0145. The zero-order chi connectivity index (χ0) is 33.2. The van der Waals surface area contributed by atoms with E-state index in [0.717, 1.165) is 19.3 Å². The van der Waals surface area contributed by atoms with Gasteiger partial charge in [0.1, 0.15) is 12.1 Å². The first-order valence-corrected chi connectivity index (χ1v) is 15.9. The van der Waals surface area contributed by atoms with Gasteiger partial charge < -0.3 is 31.5 Å². The van der Waals surface area contributed by atoms with Gasteiger partial charge in [0.05, 0.1) is 6.04 Å². The number of amides is 6. The van der Waals surface area contributed by atoms with Crippen LogP contribution in [0.25, 0.3) is 0 Å². The molecule has 12 nitrogen and oxygen atoms in total. The average molecular weight is 617 g/mol. The largest absolute Gasteiger partial charge is 0.363 e. The second-order valence-corrected chi connectivity index (χ2v) is 16.3. The Labute approximate surface area is 261 Å².